The van der Waals surface area contributed by atoms with E-state index in [1.54, 1.807) is 60.7 Å². The minimum atomic E-state index is -1.87. The van der Waals surface area contributed by atoms with E-state index in [0.717, 1.165) is 31.1 Å². The largest absolute Gasteiger partial charge is 0.490 e. The maximum atomic E-state index is 11.4. The Morgan fingerprint density at radius 2 is 1.48 bits per heavy atom. The molecule has 10 nitrogen and oxygen atoms in total. The van der Waals surface area contributed by atoms with E-state index in [2.05, 4.69) is 0 Å². The van der Waals surface area contributed by atoms with E-state index < -0.39 is 24.7 Å². The Morgan fingerprint density at radius 3 is 2.02 bits per heavy atom. The zero-order valence-electron chi connectivity index (χ0n) is 24.0. The number of aliphatic hydroxyl groups is 2. The molecule has 1 aliphatic rings. The summed E-state index contributed by atoms with van der Waals surface area (Å²) < 4.78 is 5.40. The number of aliphatic carboxylic acids is 1. The van der Waals surface area contributed by atoms with Gasteiger partial charge in [-0.3, -0.25) is 4.79 Å². The Kier molecular flexibility index (Phi) is 15.8. The van der Waals surface area contributed by atoms with Crippen LogP contribution in [-0.2, 0) is 4.79 Å². The van der Waals surface area contributed by atoms with E-state index in [1.165, 1.54) is 12.1 Å². The molecule has 0 aliphatic heterocycles. The summed E-state index contributed by atoms with van der Waals surface area (Å²) in [5, 5.41) is 53.8. The van der Waals surface area contributed by atoms with Crippen molar-refractivity contribution in [1.29, 1.82) is 0 Å². The van der Waals surface area contributed by atoms with E-state index in [0.29, 0.717) is 35.9 Å². The highest BCUT2D eigenvalue weighted by Gasteiger charge is 2.46. The third-order valence-electron chi connectivity index (χ3n) is 6.48. The molecule has 0 saturated heterocycles. The summed E-state index contributed by atoms with van der Waals surface area (Å²) in [6.07, 6.45) is 3.94. The van der Waals surface area contributed by atoms with Crippen LogP contribution in [0.1, 0.15) is 60.2 Å². The van der Waals surface area contributed by atoms with Crippen molar-refractivity contribution in [2.75, 3.05) is 13.7 Å². The molecule has 3 aromatic carbocycles. The number of carboxylic acid groups (broad SMARTS) is 2. The first-order valence-corrected chi connectivity index (χ1v) is 13.5. The first-order valence-electron chi connectivity index (χ1n) is 13.5. The second-order valence-electron chi connectivity index (χ2n) is 9.07. The number of aromatic carboxylic acids is 1. The Balaban J connectivity index is 0.000000377. The van der Waals surface area contributed by atoms with Gasteiger partial charge in [0.05, 0.1) is 5.56 Å². The lowest BCUT2D eigenvalue weighted by atomic mass is 9.79. The van der Waals surface area contributed by atoms with Crippen LogP contribution in [0.3, 0.4) is 0 Å². The van der Waals surface area contributed by atoms with Gasteiger partial charge in [-0.15, -0.1) is 0 Å². The van der Waals surface area contributed by atoms with Crippen molar-refractivity contribution in [3.05, 3.63) is 83.9 Å². The van der Waals surface area contributed by atoms with E-state index in [1.807, 2.05) is 13.8 Å². The quantitative estimate of drug-likeness (QED) is 0.162. The molecule has 0 heterocycles. The van der Waals surface area contributed by atoms with Gasteiger partial charge in [-0.05, 0) is 53.7 Å². The second kappa shape index (κ2) is 18.4. The lowest BCUT2D eigenvalue weighted by Crippen LogP contribution is -2.50. The summed E-state index contributed by atoms with van der Waals surface area (Å²) in [4.78, 5) is 32.9. The molecule has 6 N–H and O–H groups in total. The first kappa shape index (κ1) is 36.0. The summed E-state index contributed by atoms with van der Waals surface area (Å²) in [6, 6.07) is 19.6. The average Bonchev–Trinajstić information content (AvgIpc) is 3.58. The number of aliphatic hydroxyl groups excluding tert-OH is 1. The number of aldehydes is 1. The lowest BCUT2D eigenvalue weighted by molar-refractivity contribution is -0.169. The third-order valence-corrected chi connectivity index (χ3v) is 6.48. The summed E-state index contributed by atoms with van der Waals surface area (Å²) in [5.41, 5.74) is 0.604. The van der Waals surface area contributed by atoms with Gasteiger partial charge in [0.25, 0.3) is 0 Å². The SMILES string of the molecule is CC.CO.O=C(O)c1cccc(-c2cccc(B(O)O)c2)c1.O=Cc1cccc(OCC(O)(C(=O)O)C2CCCC2)c1. The molecule has 1 unspecified atom stereocenters. The third kappa shape index (κ3) is 10.4. The number of carboxylic acids is 2. The molecule has 1 saturated carbocycles. The van der Waals surface area contributed by atoms with Crippen LogP contribution in [0.15, 0.2) is 72.8 Å². The Bertz CT molecular complexity index is 1270. The fourth-order valence-corrected chi connectivity index (χ4v) is 4.34. The van der Waals surface area contributed by atoms with Crippen molar-refractivity contribution in [2.45, 2.75) is 45.1 Å². The molecule has 1 aliphatic carbocycles. The fraction of sp³-hybridized carbons (Fsp3) is 0.323. The fourth-order valence-electron chi connectivity index (χ4n) is 4.34. The number of benzene rings is 3. The standard InChI is InChI=1S/C15H18O5.C13H11BO4.C2H6.CH4O/c16-9-11-4-3-7-13(8-11)20-10-15(19,14(17)18)12-5-1-2-6-12;15-13(16)11-5-1-3-9(7-11)10-4-2-6-12(8-10)14(17)18;2*1-2/h3-4,7-9,12,19H,1-2,5-6,10H2,(H,17,18);1-8,17-18H,(H,15,16);1-2H3;2H,1H3. The second-order valence-corrected chi connectivity index (χ2v) is 9.07. The Hall–Kier alpha value is -4.03. The van der Waals surface area contributed by atoms with Crippen LogP contribution < -0.4 is 10.2 Å². The number of hydrogen-bond donors (Lipinski definition) is 6. The van der Waals surface area contributed by atoms with Gasteiger partial charge < -0.3 is 35.2 Å². The predicted molar refractivity (Wildman–Crippen MR) is 160 cm³/mol. The summed E-state index contributed by atoms with van der Waals surface area (Å²) in [6.45, 7) is 3.69. The van der Waals surface area contributed by atoms with E-state index in [-0.39, 0.29) is 18.1 Å². The molecule has 226 valence electrons. The maximum Gasteiger partial charge on any atom is 0.488 e. The molecule has 0 bridgehead atoms. The van der Waals surface area contributed by atoms with Crippen LogP contribution in [0.4, 0.5) is 0 Å². The predicted octanol–water partition coefficient (Wildman–Crippen LogP) is 3.25. The van der Waals surface area contributed by atoms with Gasteiger partial charge >= 0.3 is 19.1 Å². The van der Waals surface area contributed by atoms with Gasteiger partial charge in [0.1, 0.15) is 18.6 Å². The summed E-state index contributed by atoms with van der Waals surface area (Å²) in [7, 11) is -0.535. The average molecular weight is 582 g/mol. The Morgan fingerprint density at radius 1 is 0.905 bits per heavy atom. The maximum absolute atomic E-state index is 11.4. The molecule has 1 fully saturated rings. The minimum absolute atomic E-state index is 0.197. The molecule has 0 aromatic heterocycles. The van der Waals surface area contributed by atoms with Gasteiger partial charge in [-0.25, -0.2) is 9.59 Å². The number of carbonyl (C=O) groups is 3. The van der Waals surface area contributed by atoms with Crippen LogP contribution in [0.25, 0.3) is 11.1 Å². The van der Waals surface area contributed by atoms with Crippen molar-refractivity contribution in [3.63, 3.8) is 0 Å². The van der Waals surface area contributed by atoms with Gasteiger partial charge in [0, 0.05) is 18.6 Å². The van der Waals surface area contributed by atoms with Crippen LogP contribution >= 0.6 is 0 Å². The van der Waals surface area contributed by atoms with E-state index in [9.17, 15) is 24.6 Å². The number of ether oxygens (including phenoxy) is 1. The lowest BCUT2D eigenvalue weighted by Gasteiger charge is -2.29. The van der Waals surface area contributed by atoms with Crippen LogP contribution in [0.2, 0.25) is 0 Å². The minimum Gasteiger partial charge on any atom is -0.490 e. The molecule has 0 spiro atoms. The van der Waals surface area contributed by atoms with Crippen molar-refractivity contribution in [3.8, 4) is 16.9 Å². The van der Waals surface area contributed by atoms with Crippen molar-refractivity contribution >= 4 is 30.8 Å². The molecular weight excluding hydrogens is 543 g/mol. The smallest absolute Gasteiger partial charge is 0.488 e. The van der Waals surface area contributed by atoms with Crippen LogP contribution in [0, 0.1) is 5.92 Å². The van der Waals surface area contributed by atoms with Crippen LogP contribution in [-0.4, -0.2) is 75.1 Å². The molecule has 0 amide bonds. The molecular formula is C31H39BO10. The monoisotopic (exact) mass is 582 g/mol. The molecule has 3 aromatic rings. The molecule has 4 rings (SSSR count). The van der Waals surface area contributed by atoms with Crippen molar-refractivity contribution in [2.24, 2.45) is 5.92 Å². The van der Waals surface area contributed by atoms with Gasteiger partial charge in [-0.1, -0.05) is 75.2 Å². The molecule has 42 heavy (non-hydrogen) atoms. The number of carbonyl (C=O) groups excluding carboxylic acids is 1. The summed E-state index contributed by atoms with van der Waals surface area (Å²) in [5.74, 6) is -2.15. The topological polar surface area (TPSA) is 182 Å². The molecule has 1 atom stereocenters. The highest BCUT2D eigenvalue weighted by Crippen LogP contribution is 2.35. The normalized spacial score (nSPS) is 13.4. The zero-order chi connectivity index (χ0) is 31.7. The zero-order valence-corrected chi connectivity index (χ0v) is 24.0. The van der Waals surface area contributed by atoms with E-state index in [4.69, 9.17) is 25.0 Å². The van der Waals surface area contributed by atoms with Gasteiger partial charge in [-0.2, -0.15) is 0 Å². The Labute approximate surface area is 246 Å². The van der Waals surface area contributed by atoms with Crippen LogP contribution in [0.5, 0.6) is 5.75 Å². The highest BCUT2D eigenvalue weighted by molar-refractivity contribution is 6.58. The molecule has 0 radical (unpaired) electrons. The summed E-state index contributed by atoms with van der Waals surface area (Å²) >= 11 is 0. The highest BCUT2D eigenvalue weighted by atomic mass is 16.5. The van der Waals surface area contributed by atoms with Gasteiger partial charge in [0.15, 0.2) is 5.60 Å². The molecule has 11 heteroatoms. The van der Waals surface area contributed by atoms with Gasteiger partial charge in [0.2, 0.25) is 0 Å². The number of rotatable bonds is 9. The van der Waals surface area contributed by atoms with Crippen molar-refractivity contribution < 1.29 is 49.6 Å². The first-order chi connectivity index (χ1) is 20.1. The number of hydrogen-bond acceptors (Lipinski definition) is 8. The van der Waals surface area contributed by atoms with Crippen molar-refractivity contribution in [1.82, 2.24) is 0 Å². The van der Waals surface area contributed by atoms with E-state index >= 15 is 0 Å².